The molecule has 0 unspecified atom stereocenters. The molecule has 0 N–H and O–H groups in total. The fourth-order valence-electron chi connectivity index (χ4n) is 0.410. The van der Waals surface area contributed by atoms with Crippen LogP contribution in [0.3, 0.4) is 0 Å². The Labute approximate surface area is 61.3 Å². The smallest absolute Gasteiger partial charge is 0.0259 e. The molecule has 0 aliphatic heterocycles. The molecule has 0 saturated heterocycles. The molecule has 0 fully saturated rings. The summed E-state index contributed by atoms with van der Waals surface area (Å²) in [6.45, 7) is 2.14. The van der Waals surface area contributed by atoms with Gasteiger partial charge in [-0.1, -0.05) is 37.8 Å². The largest absolute Gasteiger partial charge is 0.0875 e. The van der Waals surface area contributed by atoms with Crippen molar-refractivity contribution < 1.29 is 0 Å². The predicted octanol–water partition coefficient (Wildman–Crippen LogP) is 2.55. The van der Waals surface area contributed by atoms with Gasteiger partial charge in [-0.15, -0.1) is 0 Å². The molecule has 0 aromatic rings. The van der Waals surface area contributed by atoms with Crippen molar-refractivity contribution in [1.29, 1.82) is 0 Å². The van der Waals surface area contributed by atoms with E-state index < -0.39 is 0 Å². The molecule has 0 aliphatic rings. The van der Waals surface area contributed by atoms with E-state index >= 15 is 0 Å². The Hall–Kier alpha value is 0.180. The Balaban J connectivity index is 3.11. The molecule has 0 aliphatic carbocycles. The standard InChI is InChI=1S/C6H10S2/c1-2-3-4-6(8)5-7/h5H,2-4H2,1H3. The van der Waals surface area contributed by atoms with E-state index in [0.29, 0.717) is 0 Å². The average molecular weight is 146 g/mol. The Morgan fingerprint density at radius 3 is 2.62 bits per heavy atom. The summed E-state index contributed by atoms with van der Waals surface area (Å²) in [5, 5.41) is 1.59. The SMILES string of the molecule is CCCCC(=S)C=S. The molecule has 0 heterocycles. The van der Waals surface area contributed by atoms with Crippen LogP contribution < -0.4 is 0 Å². The number of unbranched alkanes of at least 4 members (excludes halogenated alkanes) is 1. The fraction of sp³-hybridized carbons (Fsp3) is 0.667. The second kappa shape index (κ2) is 5.32. The lowest BCUT2D eigenvalue weighted by Gasteiger charge is -1.90. The zero-order valence-corrected chi connectivity index (χ0v) is 6.65. The third-order valence-electron chi connectivity index (χ3n) is 0.908. The van der Waals surface area contributed by atoms with Crippen molar-refractivity contribution in [3.8, 4) is 0 Å². The first-order valence-corrected chi connectivity index (χ1v) is 3.67. The maximum absolute atomic E-state index is 4.86. The van der Waals surface area contributed by atoms with Gasteiger partial charge in [-0.2, -0.15) is 0 Å². The van der Waals surface area contributed by atoms with E-state index in [-0.39, 0.29) is 0 Å². The molecule has 46 valence electrons. The van der Waals surface area contributed by atoms with Crippen LogP contribution in [0.25, 0.3) is 0 Å². The minimum Gasteiger partial charge on any atom is -0.0875 e. The van der Waals surface area contributed by atoms with Crippen LogP contribution in [0.15, 0.2) is 0 Å². The van der Waals surface area contributed by atoms with E-state index in [1.165, 1.54) is 12.8 Å². The summed E-state index contributed by atoms with van der Waals surface area (Å²) in [5.74, 6) is 0. The average Bonchev–Trinajstić information content (AvgIpc) is 1.83. The zero-order chi connectivity index (χ0) is 6.41. The number of hydrogen-bond acceptors (Lipinski definition) is 2. The molecule has 0 saturated carbocycles. The molecule has 0 aromatic carbocycles. The number of thiocarbonyl (C=S) groups is 2. The molecule has 0 spiro atoms. The lowest BCUT2D eigenvalue weighted by molar-refractivity contribution is 0.844. The molecular weight excluding hydrogens is 136 g/mol. The van der Waals surface area contributed by atoms with Crippen molar-refractivity contribution in [2.75, 3.05) is 0 Å². The van der Waals surface area contributed by atoms with Gasteiger partial charge in [-0.05, 0) is 12.8 Å². The van der Waals surface area contributed by atoms with Crippen LogP contribution in [0, 0.1) is 0 Å². The lowest BCUT2D eigenvalue weighted by atomic mass is 10.2. The summed E-state index contributed by atoms with van der Waals surface area (Å²) < 4.78 is 0. The molecule has 0 rings (SSSR count). The Morgan fingerprint density at radius 2 is 2.25 bits per heavy atom. The molecule has 2 heteroatoms. The van der Waals surface area contributed by atoms with Gasteiger partial charge in [0.05, 0.1) is 0 Å². The van der Waals surface area contributed by atoms with Gasteiger partial charge in [0, 0.05) is 10.2 Å². The van der Waals surface area contributed by atoms with Gasteiger partial charge < -0.3 is 0 Å². The van der Waals surface area contributed by atoms with Gasteiger partial charge in [0.2, 0.25) is 0 Å². The molecule has 0 amide bonds. The Bertz CT molecular complexity index is 86.5. The van der Waals surface area contributed by atoms with Crippen LogP contribution in [0.4, 0.5) is 0 Å². The lowest BCUT2D eigenvalue weighted by Crippen LogP contribution is -1.91. The van der Waals surface area contributed by atoms with Gasteiger partial charge in [0.15, 0.2) is 0 Å². The van der Waals surface area contributed by atoms with E-state index in [9.17, 15) is 0 Å². The van der Waals surface area contributed by atoms with E-state index in [0.717, 1.165) is 11.3 Å². The van der Waals surface area contributed by atoms with Crippen molar-refractivity contribution in [2.45, 2.75) is 26.2 Å². The van der Waals surface area contributed by atoms with Crippen LogP contribution in [0.1, 0.15) is 26.2 Å². The highest BCUT2D eigenvalue weighted by atomic mass is 32.1. The van der Waals surface area contributed by atoms with E-state index in [1.54, 1.807) is 5.37 Å². The second-order valence-electron chi connectivity index (χ2n) is 1.69. The molecular formula is C6H10S2. The van der Waals surface area contributed by atoms with Crippen LogP contribution in [-0.2, 0) is 0 Å². The molecule has 0 aromatic heterocycles. The maximum Gasteiger partial charge on any atom is 0.0259 e. The van der Waals surface area contributed by atoms with E-state index in [1.807, 2.05) is 0 Å². The van der Waals surface area contributed by atoms with Crippen molar-refractivity contribution in [2.24, 2.45) is 0 Å². The zero-order valence-electron chi connectivity index (χ0n) is 5.02. The van der Waals surface area contributed by atoms with Crippen molar-refractivity contribution in [1.82, 2.24) is 0 Å². The summed E-state index contributed by atoms with van der Waals surface area (Å²) >= 11 is 9.48. The van der Waals surface area contributed by atoms with Gasteiger partial charge >= 0.3 is 0 Å². The number of hydrogen-bond donors (Lipinski definition) is 0. The quantitative estimate of drug-likeness (QED) is 0.559. The minimum absolute atomic E-state index is 0.918. The topological polar surface area (TPSA) is 0 Å². The van der Waals surface area contributed by atoms with Gasteiger partial charge in [0.25, 0.3) is 0 Å². The van der Waals surface area contributed by atoms with Gasteiger partial charge in [0.1, 0.15) is 0 Å². The molecule has 8 heavy (non-hydrogen) atoms. The number of rotatable bonds is 4. The van der Waals surface area contributed by atoms with E-state index in [4.69, 9.17) is 12.2 Å². The molecule has 0 bridgehead atoms. The monoisotopic (exact) mass is 146 g/mol. The van der Waals surface area contributed by atoms with Gasteiger partial charge in [-0.3, -0.25) is 0 Å². The predicted molar refractivity (Wildman–Crippen MR) is 45.8 cm³/mol. The minimum atomic E-state index is 0.918. The third-order valence-corrected chi connectivity index (χ3v) is 1.66. The highest BCUT2D eigenvalue weighted by molar-refractivity contribution is 7.88. The van der Waals surface area contributed by atoms with Crippen molar-refractivity contribution >= 4 is 34.7 Å². The highest BCUT2D eigenvalue weighted by Crippen LogP contribution is 1.94. The molecule has 0 atom stereocenters. The summed E-state index contributed by atoms with van der Waals surface area (Å²) in [5.41, 5.74) is 0. The molecule has 0 nitrogen and oxygen atoms in total. The van der Waals surface area contributed by atoms with Crippen LogP contribution in [0.5, 0.6) is 0 Å². The summed E-state index contributed by atoms with van der Waals surface area (Å²) in [4.78, 5) is 0.918. The van der Waals surface area contributed by atoms with Gasteiger partial charge in [-0.25, -0.2) is 0 Å². The van der Waals surface area contributed by atoms with Crippen LogP contribution in [-0.4, -0.2) is 10.2 Å². The first kappa shape index (κ1) is 8.18. The highest BCUT2D eigenvalue weighted by Gasteiger charge is 1.87. The summed E-state index contributed by atoms with van der Waals surface area (Å²) in [6.07, 6.45) is 3.37. The second-order valence-corrected chi connectivity index (χ2v) is 2.45. The van der Waals surface area contributed by atoms with Crippen molar-refractivity contribution in [3.05, 3.63) is 0 Å². The van der Waals surface area contributed by atoms with Crippen molar-refractivity contribution in [3.63, 3.8) is 0 Å². The van der Waals surface area contributed by atoms with E-state index in [2.05, 4.69) is 19.1 Å². The summed E-state index contributed by atoms with van der Waals surface area (Å²) in [6, 6.07) is 0. The summed E-state index contributed by atoms with van der Waals surface area (Å²) in [7, 11) is 0. The first-order chi connectivity index (χ1) is 3.81. The Kier molecular flexibility index (Phi) is 5.44. The normalized spacial score (nSPS) is 8.62. The Morgan fingerprint density at radius 1 is 1.62 bits per heavy atom. The fourth-order valence-corrected chi connectivity index (χ4v) is 0.672. The van der Waals surface area contributed by atoms with Crippen LogP contribution in [0.2, 0.25) is 0 Å². The van der Waals surface area contributed by atoms with Crippen LogP contribution >= 0.6 is 24.4 Å². The molecule has 0 radical (unpaired) electrons. The third kappa shape index (κ3) is 4.34. The first-order valence-electron chi connectivity index (χ1n) is 2.79. The maximum atomic E-state index is 4.86.